The minimum atomic E-state index is 0.137. The van der Waals surface area contributed by atoms with Crippen LogP contribution in [0.5, 0.6) is 11.5 Å². The Morgan fingerprint density at radius 1 is 1.28 bits per heavy atom. The predicted molar refractivity (Wildman–Crippen MR) is 67.5 cm³/mol. The normalized spacial score (nSPS) is 10.7. The van der Waals surface area contributed by atoms with E-state index in [2.05, 4.69) is 15.0 Å². The molecule has 0 atom stereocenters. The zero-order chi connectivity index (χ0) is 12.5. The van der Waals surface area contributed by atoms with Gasteiger partial charge in [0.05, 0.1) is 12.6 Å². The number of benzene rings is 1. The second-order valence-corrected chi connectivity index (χ2v) is 3.88. The number of aromatic amines is 1. The van der Waals surface area contributed by atoms with Crippen molar-refractivity contribution in [3.05, 3.63) is 36.5 Å². The average Bonchev–Trinajstić information content (AvgIpc) is 2.81. The molecule has 18 heavy (non-hydrogen) atoms. The van der Waals surface area contributed by atoms with E-state index in [4.69, 9.17) is 4.74 Å². The fraction of sp³-hybridized carbons (Fsp3) is 0.0769. The van der Waals surface area contributed by atoms with E-state index in [9.17, 15) is 5.11 Å². The topological polar surface area (TPSA) is 71.0 Å². The van der Waals surface area contributed by atoms with Gasteiger partial charge in [-0.3, -0.25) is 0 Å². The van der Waals surface area contributed by atoms with Crippen LogP contribution in [0, 0.1) is 0 Å². The fourth-order valence-electron chi connectivity index (χ4n) is 1.82. The Morgan fingerprint density at radius 3 is 2.94 bits per heavy atom. The molecule has 3 aromatic rings. The quantitative estimate of drug-likeness (QED) is 0.722. The predicted octanol–water partition coefficient (Wildman–Crippen LogP) is 2.34. The maximum atomic E-state index is 9.62. The van der Waals surface area contributed by atoms with Crippen LogP contribution in [-0.4, -0.2) is 27.2 Å². The zero-order valence-corrected chi connectivity index (χ0v) is 9.71. The standard InChI is InChI=1S/C13H11N3O2/c1-18-10-6-8(5-9(17)7-10)12-15-11-3-2-4-14-13(11)16-12/h2-7,17H,1H3,(H,14,15,16). The van der Waals surface area contributed by atoms with Crippen LogP contribution in [0.1, 0.15) is 0 Å². The number of phenols is 1. The van der Waals surface area contributed by atoms with Crippen molar-refractivity contribution in [3.8, 4) is 22.9 Å². The number of hydrogen-bond acceptors (Lipinski definition) is 4. The van der Waals surface area contributed by atoms with E-state index >= 15 is 0 Å². The van der Waals surface area contributed by atoms with Crippen LogP contribution in [0.3, 0.4) is 0 Å². The summed E-state index contributed by atoms with van der Waals surface area (Å²) in [5.74, 6) is 1.37. The van der Waals surface area contributed by atoms with Crippen molar-refractivity contribution in [2.75, 3.05) is 7.11 Å². The number of fused-ring (bicyclic) bond motifs is 1. The van der Waals surface area contributed by atoms with Gasteiger partial charge in [-0.25, -0.2) is 9.97 Å². The van der Waals surface area contributed by atoms with Crippen molar-refractivity contribution in [1.29, 1.82) is 0 Å². The number of ether oxygens (including phenoxy) is 1. The molecule has 2 N–H and O–H groups in total. The van der Waals surface area contributed by atoms with Gasteiger partial charge in [0.15, 0.2) is 5.65 Å². The van der Waals surface area contributed by atoms with Gasteiger partial charge >= 0.3 is 0 Å². The number of H-pyrrole nitrogens is 1. The zero-order valence-electron chi connectivity index (χ0n) is 9.71. The highest BCUT2D eigenvalue weighted by Gasteiger charge is 2.08. The van der Waals surface area contributed by atoms with Crippen LogP contribution in [0.15, 0.2) is 36.5 Å². The summed E-state index contributed by atoms with van der Waals surface area (Å²) in [5, 5.41) is 9.62. The molecule has 0 fully saturated rings. The van der Waals surface area contributed by atoms with Gasteiger partial charge in [-0.15, -0.1) is 0 Å². The van der Waals surface area contributed by atoms with Gasteiger partial charge in [0.2, 0.25) is 0 Å². The number of aromatic nitrogens is 3. The summed E-state index contributed by atoms with van der Waals surface area (Å²) in [7, 11) is 1.55. The highest BCUT2D eigenvalue weighted by Crippen LogP contribution is 2.28. The molecule has 0 unspecified atom stereocenters. The van der Waals surface area contributed by atoms with Gasteiger partial charge in [-0.05, 0) is 24.3 Å². The molecule has 2 heterocycles. The third-order valence-electron chi connectivity index (χ3n) is 2.66. The monoisotopic (exact) mass is 241 g/mol. The third-order valence-corrected chi connectivity index (χ3v) is 2.66. The van der Waals surface area contributed by atoms with Crippen molar-refractivity contribution in [1.82, 2.24) is 15.0 Å². The lowest BCUT2D eigenvalue weighted by Crippen LogP contribution is -1.85. The highest BCUT2D eigenvalue weighted by molar-refractivity contribution is 5.76. The van der Waals surface area contributed by atoms with Crippen molar-refractivity contribution in [2.24, 2.45) is 0 Å². The lowest BCUT2D eigenvalue weighted by Gasteiger charge is -2.03. The lowest BCUT2D eigenvalue weighted by atomic mass is 10.2. The van der Waals surface area contributed by atoms with Gasteiger partial charge in [-0.2, -0.15) is 0 Å². The number of hydrogen-bond donors (Lipinski definition) is 2. The Hall–Kier alpha value is -2.56. The van der Waals surface area contributed by atoms with E-state index in [-0.39, 0.29) is 5.75 Å². The van der Waals surface area contributed by atoms with E-state index in [1.165, 1.54) is 0 Å². The van der Waals surface area contributed by atoms with Crippen LogP contribution >= 0.6 is 0 Å². The molecule has 0 radical (unpaired) electrons. The molecule has 5 nitrogen and oxygen atoms in total. The second kappa shape index (κ2) is 4.03. The Kier molecular flexibility index (Phi) is 2.37. The van der Waals surface area contributed by atoms with Gasteiger partial charge in [-0.1, -0.05) is 0 Å². The molecule has 0 amide bonds. The van der Waals surface area contributed by atoms with Gasteiger partial charge in [0, 0.05) is 17.8 Å². The number of imidazole rings is 1. The Labute approximate surface area is 103 Å². The van der Waals surface area contributed by atoms with Crippen LogP contribution in [0.2, 0.25) is 0 Å². The fourth-order valence-corrected chi connectivity index (χ4v) is 1.82. The smallest absolute Gasteiger partial charge is 0.178 e. The van der Waals surface area contributed by atoms with Crippen molar-refractivity contribution in [2.45, 2.75) is 0 Å². The number of pyridine rings is 1. The Bertz CT molecular complexity index is 673. The summed E-state index contributed by atoms with van der Waals surface area (Å²) in [6.07, 6.45) is 1.69. The summed E-state index contributed by atoms with van der Waals surface area (Å²) in [5.41, 5.74) is 2.26. The van der Waals surface area contributed by atoms with Crippen LogP contribution < -0.4 is 4.74 Å². The maximum absolute atomic E-state index is 9.62. The first kappa shape index (κ1) is 10.6. The number of aromatic hydroxyl groups is 1. The van der Waals surface area contributed by atoms with Crippen LogP contribution in [-0.2, 0) is 0 Å². The summed E-state index contributed by atoms with van der Waals surface area (Å²) in [6.45, 7) is 0. The van der Waals surface area contributed by atoms with Crippen LogP contribution in [0.25, 0.3) is 22.6 Å². The minimum Gasteiger partial charge on any atom is -0.508 e. The molecule has 0 aliphatic heterocycles. The van der Waals surface area contributed by atoms with Crippen molar-refractivity contribution in [3.63, 3.8) is 0 Å². The molecular weight excluding hydrogens is 230 g/mol. The summed E-state index contributed by atoms with van der Waals surface area (Å²) >= 11 is 0. The highest BCUT2D eigenvalue weighted by atomic mass is 16.5. The molecule has 0 bridgehead atoms. The number of methoxy groups -OCH3 is 1. The SMILES string of the molecule is COc1cc(O)cc(-c2nc3ncccc3[nH]2)c1. The Balaban J connectivity index is 2.16. The molecule has 1 aromatic carbocycles. The van der Waals surface area contributed by atoms with E-state index in [0.29, 0.717) is 17.2 Å². The number of nitrogens with zero attached hydrogens (tertiary/aromatic N) is 2. The van der Waals surface area contributed by atoms with Gasteiger partial charge < -0.3 is 14.8 Å². The molecule has 5 heteroatoms. The molecule has 0 saturated heterocycles. The second-order valence-electron chi connectivity index (χ2n) is 3.88. The van der Waals surface area contributed by atoms with Gasteiger partial charge in [0.25, 0.3) is 0 Å². The molecule has 2 aromatic heterocycles. The van der Waals surface area contributed by atoms with E-state index in [0.717, 1.165) is 11.1 Å². The van der Waals surface area contributed by atoms with E-state index in [1.54, 1.807) is 31.5 Å². The first-order valence-corrected chi connectivity index (χ1v) is 5.45. The van der Waals surface area contributed by atoms with Gasteiger partial charge in [0.1, 0.15) is 17.3 Å². The number of rotatable bonds is 2. The third kappa shape index (κ3) is 1.75. The average molecular weight is 241 g/mol. The lowest BCUT2D eigenvalue weighted by molar-refractivity contribution is 0.408. The minimum absolute atomic E-state index is 0.137. The largest absolute Gasteiger partial charge is 0.508 e. The molecule has 0 aliphatic carbocycles. The number of phenolic OH excluding ortho intramolecular Hbond substituents is 1. The summed E-state index contributed by atoms with van der Waals surface area (Å²) in [4.78, 5) is 11.7. The summed E-state index contributed by atoms with van der Waals surface area (Å²) in [6, 6.07) is 8.72. The van der Waals surface area contributed by atoms with Crippen LogP contribution in [0.4, 0.5) is 0 Å². The van der Waals surface area contributed by atoms with E-state index in [1.807, 2.05) is 12.1 Å². The van der Waals surface area contributed by atoms with Crippen molar-refractivity contribution < 1.29 is 9.84 Å². The summed E-state index contributed by atoms with van der Waals surface area (Å²) < 4.78 is 5.11. The van der Waals surface area contributed by atoms with Crippen molar-refractivity contribution >= 4 is 11.2 Å². The molecule has 90 valence electrons. The Morgan fingerprint density at radius 2 is 2.17 bits per heavy atom. The molecule has 3 rings (SSSR count). The molecule has 0 aliphatic rings. The first-order chi connectivity index (χ1) is 8.76. The molecule has 0 spiro atoms. The molecule has 0 saturated carbocycles. The first-order valence-electron chi connectivity index (χ1n) is 5.45. The van der Waals surface area contributed by atoms with E-state index < -0.39 is 0 Å². The number of nitrogens with one attached hydrogen (secondary N) is 1. The maximum Gasteiger partial charge on any atom is 0.178 e. The molecular formula is C13H11N3O2.